The highest BCUT2D eigenvalue weighted by molar-refractivity contribution is 6.29. The van der Waals surface area contributed by atoms with E-state index in [2.05, 4.69) is 4.98 Å². The smallest absolute Gasteiger partial charge is 0.277 e. The van der Waals surface area contributed by atoms with Gasteiger partial charge in [-0.1, -0.05) is 11.6 Å². The molecule has 0 saturated heterocycles. The van der Waals surface area contributed by atoms with Crippen molar-refractivity contribution in [2.45, 2.75) is 13.8 Å². The minimum atomic E-state index is -0.472. The van der Waals surface area contributed by atoms with E-state index < -0.39 is 5.91 Å². The van der Waals surface area contributed by atoms with Crippen LogP contribution < -0.4 is 0 Å². The summed E-state index contributed by atoms with van der Waals surface area (Å²) in [7, 11) is 0. The largest absolute Gasteiger partial charge is 0.286 e. The molecule has 0 radical (unpaired) electrons. The summed E-state index contributed by atoms with van der Waals surface area (Å²) in [6.07, 6.45) is 0. The van der Waals surface area contributed by atoms with E-state index >= 15 is 0 Å². The summed E-state index contributed by atoms with van der Waals surface area (Å²) in [6.45, 7) is 3.64. The van der Waals surface area contributed by atoms with Crippen LogP contribution in [-0.4, -0.2) is 27.7 Å². The zero-order valence-corrected chi connectivity index (χ0v) is 8.75. The van der Waals surface area contributed by atoms with Gasteiger partial charge in [0.2, 0.25) is 0 Å². The van der Waals surface area contributed by atoms with Crippen LogP contribution >= 0.6 is 11.6 Å². The van der Waals surface area contributed by atoms with Crippen LogP contribution in [0.15, 0.2) is 12.1 Å². The lowest BCUT2D eigenvalue weighted by Gasteiger charge is -2.12. The molecule has 0 aliphatic rings. The molecule has 14 heavy (non-hydrogen) atoms. The molecule has 1 N–H and O–H groups in total. The summed E-state index contributed by atoms with van der Waals surface area (Å²) in [4.78, 5) is 15.4. The first kappa shape index (κ1) is 10.9. The Morgan fingerprint density at radius 1 is 1.64 bits per heavy atom. The first-order chi connectivity index (χ1) is 6.54. The van der Waals surface area contributed by atoms with Crippen LogP contribution in [0, 0.1) is 6.92 Å². The highest BCUT2D eigenvalue weighted by Crippen LogP contribution is 2.11. The number of nitrogens with zero attached hydrogens (tertiary/aromatic N) is 2. The maximum atomic E-state index is 11.5. The van der Waals surface area contributed by atoms with Crippen molar-refractivity contribution in [3.05, 3.63) is 28.5 Å². The number of carbonyl (C=O) groups is 1. The highest BCUT2D eigenvalue weighted by atomic mass is 35.5. The lowest BCUT2D eigenvalue weighted by atomic mass is 10.2. The maximum absolute atomic E-state index is 11.5. The molecule has 0 aliphatic heterocycles. The highest BCUT2D eigenvalue weighted by Gasteiger charge is 2.12. The van der Waals surface area contributed by atoms with Crippen molar-refractivity contribution in [3.63, 3.8) is 0 Å². The van der Waals surface area contributed by atoms with Crippen LogP contribution in [-0.2, 0) is 0 Å². The fraction of sp³-hybridized carbons (Fsp3) is 0.333. The van der Waals surface area contributed by atoms with Gasteiger partial charge in [-0.2, -0.15) is 0 Å². The molecule has 0 aromatic carbocycles. The Bertz CT molecular complexity index is 334. The predicted octanol–water partition coefficient (Wildman–Crippen LogP) is 1.89. The summed E-state index contributed by atoms with van der Waals surface area (Å²) < 4.78 is 0. The fourth-order valence-electron chi connectivity index (χ4n) is 1.04. The van der Waals surface area contributed by atoms with E-state index in [1.54, 1.807) is 19.9 Å². The molecule has 1 aromatic rings. The predicted molar refractivity (Wildman–Crippen MR) is 52.5 cm³/mol. The van der Waals surface area contributed by atoms with E-state index in [1.807, 2.05) is 0 Å². The molecule has 1 aromatic heterocycles. The van der Waals surface area contributed by atoms with E-state index in [4.69, 9.17) is 11.6 Å². The molecular formula is C9H11ClN2O2. The minimum absolute atomic E-state index is 0.234. The Balaban J connectivity index is 3.01. The Kier molecular flexibility index (Phi) is 3.43. The van der Waals surface area contributed by atoms with Crippen molar-refractivity contribution in [3.8, 4) is 0 Å². The van der Waals surface area contributed by atoms with Crippen LogP contribution in [0.5, 0.6) is 0 Å². The molecule has 1 heterocycles. The normalized spacial score (nSPS) is 10.0. The third-order valence-corrected chi connectivity index (χ3v) is 1.90. The molecule has 0 saturated carbocycles. The lowest BCUT2D eigenvalue weighted by Crippen LogP contribution is -2.27. The van der Waals surface area contributed by atoms with Gasteiger partial charge in [0.25, 0.3) is 5.91 Å². The van der Waals surface area contributed by atoms with Gasteiger partial charge in [-0.25, -0.2) is 10.0 Å². The Morgan fingerprint density at radius 3 is 2.79 bits per heavy atom. The molecule has 1 amide bonds. The molecular weight excluding hydrogens is 204 g/mol. The Hall–Kier alpha value is -1.13. The second-order valence-corrected chi connectivity index (χ2v) is 3.23. The monoisotopic (exact) mass is 214 g/mol. The third kappa shape index (κ3) is 2.43. The van der Waals surface area contributed by atoms with Gasteiger partial charge >= 0.3 is 0 Å². The number of pyridine rings is 1. The number of hydroxylamine groups is 2. The van der Waals surface area contributed by atoms with E-state index in [0.29, 0.717) is 16.3 Å². The van der Waals surface area contributed by atoms with E-state index in [-0.39, 0.29) is 11.7 Å². The molecule has 0 bridgehead atoms. The van der Waals surface area contributed by atoms with Gasteiger partial charge in [0.05, 0.1) is 0 Å². The van der Waals surface area contributed by atoms with Crippen LogP contribution in [0.3, 0.4) is 0 Å². The summed E-state index contributed by atoms with van der Waals surface area (Å²) >= 11 is 5.68. The second-order valence-electron chi connectivity index (χ2n) is 2.84. The van der Waals surface area contributed by atoms with Crippen molar-refractivity contribution in [1.82, 2.24) is 10.0 Å². The van der Waals surface area contributed by atoms with Crippen molar-refractivity contribution < 1.29 is 10.0 Å². The average molecular weight is 215 g/mol. The quantitative estimate of drug-likeness (QED) is 0.465. The Labute approximate surface area is 87.1 Å². The number of amides is 1. The number of hydrogen-bond donors (Lipinski definition) is 1. The lowest BCUT2D eigenvalue weighted by molar-refractivity contribution is -0.0541. The van der Waals surface area contributed by atoms with Crippen LogP contribution in [0.2, 0.25) is 5.15 Å². The van der Waals surface area contributed by atoms with E-state index in [9.17, 15) is 10.0 Å². The van der Waals surface area contributed by atoms with E-state index in [0.717, 1.165) is 0 Å². The average Bonchev–Trinajstić information content (AvgIpc) is 2.14. The molecule has 76 valence electrons. The number of hydrogen-bond acceptors (Lipinski definition) is 3. The minimum Gasteiger partial charge on any atom is -0.286 e. The molecule has 0 aliphatic carbocycles. The first-order valence-electron chi connectivity index (χ1n) is 4.19. The second kappa shape index (κ2) is 4.39. The van der Waals surface area contributed by atoms with Crippen molar-refractivity contribution in [2.75, 3.05) is 6.54 Å². The molecule has 4 nitrogen and oxygen atoms in total. The van der Waals surface area contributed by atoms with Gasteiger partial charge in [0.1, 0.15) is 5.15 Å². The van der Waals surface area contributed by atoms with Crippen molar-refractivity contribution >= 4 is 17.5 Å². The molecule has 0 fully saturated rings. The number of halogens is 1. The Morgan fingerprint density at radius 2 is 2.29 bits per heavy atom. The SMILES string of the molecule is CCN(O)C(=O)c1cc(C)nc(Cl)c1. The van der Waals surface area contributed by atoms with Gasteiger partial charge in [-0.15, -0.1) is 0 Å². The summed E-state index contributed by atoms with van der Waals surface area (Å²) in [5.41, 5.74) is 0.984. The summed E-state index contributed by atoms with van der Waals surface area (Å²) in [5, 5.41) is 10.1. The van der Waals surface area contributed by atoms with Crippen molar-refractivity contribution in [1.29, 1.82) is 0 Å². The summed E-state index contributed by atoms with van der Waals surface area (Å²) in [5.74, 6) is -0.472. The van der Waals surface area contributed by atoms with Gasteiger partial charge in [-0.05, 0) is 26.0 Å². The zero-order chi connectivity index (χ0) is 10.7. The van der Waals surface area contributed by atoms with E-state index in [1.165, 1.54) is 6.07 Å². The molecule has 1 rings (SSSR count). The molecule has 5 heteroatoms. The topological polar surface area (TPSA) is 53.4 Å². The number of carbonyl (C=O) groups excluding carboxylic acids is 1. The van der Waals surface area contributed by atoms with Crippen molar-refractivity contribution in [2.24, 2.45) is 0 Å². The number of aromatic nitrogens is 1. The number of rotatable bonds is 2. The first-order valence-corrected chi connectivity index (χ1v) is 4.57. The molecule has 0 atom stereocenters. The van der Waals surface area contributed by atoms with Gasteiger partial charge < -0.3 is 0 Å². The maximum Gasteiger partial charge on any atom is 0.277 e. The molecule has 0 unspecified atom stereocenters. The zero-order valence-electron chi connectivity index (χ0n) is 7.99. The standard InChI is InChI=1S/C9H11ClN2O2/c1-3-12(14)9(13)7-4-6(2)11-8(10)5-7/h4-5,14H,3H2,1-2H3. The van der Waals surface area contributed by atoms with Gasteiger partial charge in [0, 0.05) is 17.8 Å². The van der Waals surface area contributed by atoms with Gasteiger partial charge in [0.15, 0.2) is 0 Å². The third-order valence-electron chi connectivity index (χ3n) is 1.70. The van der Waals surface area contributed by atoms with Gasteiger partial charge in [-0.3, -0.25) is 10.0 Å². The fourth-order valence-corrected chi connectivity index (χ4v) is 1.30. The van der Waals surface area contributed by atoms with Crippen LogP contribution in [0.1, 0.15) is 23.0 Å². The van der Waals surface area contributed by atoms with Crippen LogP contribution in [0.4, 0.5) is 0 Å². The molecule has 0 spiro atoms. The van der Waals surface area contributed by atoms with Crippen LogP contribution in [0.25, 0.3) is 0 Å². The number of aryl methyl sites for hydroxylation is 1. The summed E-state index contributed by atoms with van der Waals surface area (Å²) in [6, 6.07) is 3.00.